The molecular weight excluding hydrogens is 462 g/mol. The van der Waals surface area contributed by atoms with Gasteiger partial charge in [0.15, 0.2) is 6.79 Å². The van der Waals surface area contributed by atoms with E-state index < -0.39 is 0 Å². The summed E-state index contributed by atoms with van der Waals surface area (Å²) < 4.78 is 16.8. The van der Waals surface area contributed by atoms with E-state index in [2.05, 4.69) is 49.9 Å². The first-order chi connectivity index (χ1) is 8.58. The molecule has 0 atom stereocenters. The number of carbonyl (C=O) groups is 1. The fraction of sp³-hybridized carbons (Fsp3) is 0.250. The van der Waals surface area contributed by atoms with E-state index in [1.807, 2.05) is 12.1 Å². The average Bonchev–Trinajstić information content (AvgIpc) is 2.35. The highest BCUT2D eigenvalue weighted by Gasteiger charge is 2.08. The maximum atomic E-state index is 11.0. The van der Waals surface area contributed by atoms with Crippen LogP contribution in [0.3, 0.4) is 0 Å². The highest BCUT2D eigenvalue weighted by molar-refractivity contribution is 14.1. The molecule has 0 heterocycles. The van der Waals surface area contributed by atoms with Gasteiger partial charge in [0.25, 0.3) is 0 Å². The minimum absolute atomic E-state index is 0.212. The monoisotopic (exact) mass is 474 g/mol. The second kappa shape index (κ2) is 7.95. The van der Waals surface area contributed by atoms with Crippen LogP contribution in [0.2, 0.25) is 0 Å². The first kappa shape index (κ1) is 15.7. The molecule has 0 aliphatic heterocycles. The third-order valence-corrected chi connectivity index (χ3v) is 3.56. The molecule has 0 fully saturated rings. The number of esters is 1. The second-order valence-corrected chi connectivity index (χ2v) is 5.55. The lowest BCUT2D eigenvalue weighted by atomic mass is 10.2. The number of hydrogen-bond donors (Lipinski definition) is 0. The predicted octanol–water partition coefficient (Wildman–Crippen LogP) is 3.06. The number of ether oxygens (including phenoxy) is 3. The third-order valence-electron chi connectivity index (χ3n) is 1.95. The van der Waals surface area contributed by atoms with Crippen LogP contribution in [-0.2, 0) is 14.3 Å². The van der Waals surface area contributed by atoms with E-state index in [1.165, 1.54) is 13.2 Å². The van der Waals surface area contributed by atoms with Gasteiger partial charge in [0.2, 0.25) is 0 Å². The van der Waals surface area contributed by atoms with Gasteiger partial charge in [-0.1, -0.05) is 0 Å². The Bertz CT molecular complexity index is 434. The second-order valence-electron chi connectivity index (χ2n) is 3.22. The van der Waals surface area contributed by atoms with Crippen LogP contribution < -0.4 is 4.74 Å². The zero-order chi connectivity index (χ0) is 13.5. The Balaban J connectivity index is 2.92. The van der Waals surface area contributed by atoms with Crippen molar-refractivity contribution in [3.8, 4) is 5.75 Å². The van der Waals surface area contributed by atoms with Crippen molar-refractivity contribution in [2.45, 2.75) is 0 Å². The molecule has 1 rings (SSSR count). The Hall–Kier alpha value is -0.350. The summed E-state index contributed by atoms with van der Waals surface area (Å²) in [6.07, 6.45) is 3.09. The van der Waals surface area contributed by atoms with Crippen LogP contribution in [0.5, 0.6) is 5.75 Å². The van der Waals surface area contributed by atoms with Crippen molar-refractivity contribution in [2.75, 3.05) is 21.0 Å². The molecule has 0 amide bonds. The van der Waals surface area contributed by atoms with E-state index in [0.29, 0.717) is 0 Å². The molecule has 1 aromatic rings. The standard InChI is InChI=1S/C12H12I2O4/c1-16-7-18-12-9(13)5-8(6-10(12)14)3-4-11(15)17-2/h3-6H,7H2,1-2H3/b4-3+. The number of halogens is 2. The Morgan fingerprint density at radius 2 is 1.89 bits per heavy atom. The molecule has 0 bridgehead atoms. The SMILES string of the molecule is COCOc1c(I)cc(/C=C/C(=O)OC)cc1I. The number of carbonyl (C=O) groups excluding carboxylic acids is 1. The summed E-state index contributed by atoms with van der Waals surface area (Å²) in [4.78, 5) is 11.0. The molecule has 0 radical (unpaired) electrons. The van der Waals surface area contributed by atoms with Crippen molar-refractivity contribution in [1.29, 1.82) is 0 Å². The molecule has 0 saturated carbocycles. The van der Waals surface area contributed by atoms with Crippen LogP contribution in [-0.4, -0.2) is 27.0 Å². The summed E-state index contributed by atoms with van der Waals surface area (Å²) >= 11 is 4.36. The maximum absolute atomic E-state index is 11.0. The van der Waals surface area contributed by atoms with Crippen LogP contribution in [0.25, 0.3) is 6.08 Å². The van der Waals surface area contributed by atoms with Gasteiger partial charge in [-0.25, -0.2) is 4.79 Å². The van der Waals surface area contributed by atoms with Crippen LogP contribution in [0.1, 0.15) is 5.56 Å². The van der Waals surface area contributed by atoms with Crippen LogP contribution in [0.4, 0.5) is 0 Å². The molecule has 0 unspecified atom stereocenters. The lowest BCUT2D eigenvalue weighted by molar-refractivity contribution is -0.134. The van der Waals surface area contributed by atoms with E-state index in [1.54, 1.807) is 13.2 Å². The Labute approximate surface area is 133 Å². The number of rotatable bonds is 5. The normalized spacial score (nSPS) is 10.7. The molecule has 6 heteroatoms. The fourth-order valence-corrected chi connectivity index (χ4v) is 3.29. The van der Waals surface area contributed by atoms with Crippen LogP contribution in [0, 0.1) is 7.14 Å². The molecule has 0 aliphatic rings. The Morgan fingerprint density at radius 1 is 1.28 bits per heavy atom. The number of hydrogen-bond acceptors (Lipinski definition) is 4. The van der Waals surface area contributed by atoms with Crippen molar-refractivity contribution >= 4 is 57.2 Å². The minimum atomic E-state index is -0.375. The summed E-state index contributed by atoms with van der Waals surface area (Å²) in [5.41, 5.74) is 0.916. The largest absolute Gasteiger partial charge is 0.466 e. The van der Waals surface area contributed by atoms with E-state index >= 15 is 0 Å². The summed E-state index contributed by atoms with van der Waals surface area (Å²) in [5, 5.41) is 0. The van der Waals surface area contributed by atoms with Gasteiger partial charge in [0.1, 0.15) is 5.75 Å². The van der Waals surface area contributed by atoms with Gasteiger partial charge in [-0.2, -0.15) is 0 Å². The molecule has 1 aromatic carbocycles. The molecule has 0 aliphatic carbocycles. The minimum Gasteiger partial charge on any atom is -0.466 e. The first-order valence-corrected chi connectivity index (χ1v) is 7.11. The van der Waals surface area contributed by atoms with Crippen molar-refractivity contribution in [2.24, 2.45) is 0 Å². The van der Waals surface area contributed by atoms with Crippen LogP contribution >= 0.6 is 45.2 Å². The summed E-state index contributed by atoms with van der Waals surface area (Å²) in [5.74, 6) is 0.410. The highest BCUT2D eigenvalue weighted by Crippen LogP contribution is 2.29. The van der Waals surface area contributed by atoms with Crippen molar-refractivity contribution in [3.63, 3.8) is 0 Å². The third kappa shape index (κ3) is 4.73. The van der Waals surface area contributed by atoms with Gasteiger partial charge in [-0.05, 0) is 69.0 Å². The zero-order valence-electron chi connectivity index (χ0n) is 9.91. The number of methoxy groups -OCH3 is 2. The summed E-state index contributed by atoms with van der Waals surface area (Å²) in [6, 6.07) is 3.85. The van der Waals surface area contributed by atoms with Gasteiger partial charge < -0.3 is 14.2 Å². The topological polar surface area (TPSA) is 44.8 Å². The van der Waals surface area contributed by atoms with Crippen LogP contribution in [0.15, 0.2) is 18.2 Å². The number of benzene rings is 1. The van der Waals surface area contributed by atoms with Gasteiger partial charge in [-0.3, -0.25) is 0 Å². The quantitative estimate of drug-likeness (QED) is 0.285. The molecule has 18 heavy (non-hydrogen) atoms. The predicted molar refractivity (Wildman–Crippen MR) is 85.4 cm³/mol. The van der Waals surface area contributed by atoms with E-state index in [0.717, 1.165) is 18.5 Å². The lowest BCUT2D eigenvalue weighted by Gasteiger charge is -2.10. The fourth-order valence-electron chi connectivity index (χ4n) is 1.16. The van der Waals surface area contributed by atoms with Gasteiger partial charge in [0, 0.05) is 13.2 Å². The molecule has 0 aromatic heterocycles. The van der Waals surface area contributed by atoms with Crippen molar-refractivity contribution < 1.29 is 19.0 Å². The van der Waals surface area contributed by atoms with E-state index in [-0.39, 0.29) is 12.8 Å². The van der Waals surface area contributed by atoms with E-state index in [4.69, 9.17) is 9.47 Å². The smallest absolute Gasteiger partial charge is 0.330 e. The van der Waals surface area contributed by atoms with Crippen molar-refractivity contribution in [3.05, 3.63) is 30.9 Å². The molecule has 4 nitrogen and oxygen atoms in total. The van der Waals surface area contributed by atoms with Crippen molar-refractivity contribution in [1.82, 2.24) is 0 Å². The average molecular weight is 474 g/mol. The molecule has 0 spiro atoms. The molecular formula is C12H12I2O4. The van der Waals surface area contributed by atoms with E-state index in [9.17, 15) is 4.79 Å². The van der Waals surface area contributed by atoms with Gasteiger partial charge in [-0.15, -0.1) is 0 Å². The summed E-state index contributed by atoms with van der Waals surface area (Å²) in [7, 11) is 2.93. The Morgan fingerprint density at radius 3 is 2.39 bits per heavy atom. The molecule has 98 valence electrons. The van der Waals surface area contributed by atoms with Gasteiger partial charge >= 0.3 is 5.97 Å². The highest BCUT2D eigenvalue weighted by atomic mass is 127. The maximum Gasteiger partial charge on any atom is 0.330 e. The Kier molecular flexibility index (Phi) is 6.94. The molecule has 0 saturated heterocycles. The van der Waals surface area contributed by atoms with Gasteiger partial charge in [0.05, 0.1) is 14.3 Å². The lowest BCUT2D eigenvalue weighted by Crippen LogP contribution is -2.02. The zero-order valence-corrected chi connectivity index (χ0v) is 14.2. The first-order valence-electron chi connectivity index (χ1n) is 4.95. The summed E-state index contributed by atoms with van der Waals surface area (Å²) in [6.45, 7) is 0.212. The molecule has 0 N–H and O–H groups in total.